The summed E-state index contributed by atoms with van der Waals surface area (Å²) in [7, 11) is 0. The Labute approximate surface area is 116 Å². The van der Waals surface area contributed by atoms with Crippen LogP contribution in [0.15, 0.2) is 11.1 Å². The van der Waals surface area contributed by atoms with Crippen molar-refractivity contribution in [3.05, 3.63) is 22.5 Å². The molecule has 0 atom stereocenters. The van der Waals surface area contributed by atoms with Gasteiger partial charge in [-0.05, 0) is 12.8 Å². The van der Waals surface area contributed by atoms with Crippen molar-refractivity contribution >= 4 is 11.2 Å². The zero-order valence-corrected chi connectivity index (χ0v) is 11.3. The monoisotopic (exact) mass is 277 g/mol. The maximum atomic E-state index is 12.0. The Hall–Kier alpha value is -1.73. The van der Waals surface area contributed by atoms with E-state index in [-0.39, 0.29) is 12.2 Å². The minimum atomic E-state index is -0.201. The lowest BCUT2D eigenvalue weighted by atomic mass is 10.2. The lowest BCUT2D eigenvalue weighted by Gasteiger charge is -2.11. The zero-order chi connectivity index (χ0) is 13.9. The number of nitrogens with zero attached hydrogens (tertiary/aromatic N) is 3. The van der Waals surface area contributed by atoms with Crippen LogP contribution in [0.5, 0.6) is 0 Å². The van der Waals surface area contributed by atoms with E-state index >= 15 is 0 Å². The lowest BCUT2D eigenvalue weighted by molar-refractivity contribution is 0.291. The van der Waals surface area contributed by atoms with Crippen LogP contribution in [0.1, 0.15) is 37.5 Å². The first-order chi connectivity index (χ1) is 9.79. The number of hydrogen-bond acceptors (Lipinski definition) is 5. The molecule has 1 fully saturated rings. The molecular formula is C13H19N5O2. The molecule has 1 aliphatic rings. The molecule has 2 aromatic heterocycles. The maximum absolute atomic E-state index is 12.0. The normalized spacial score (nSPS) is 16.2. The Morgan fingerprint density at radius 3 is 3.00 bits per heavy atom. The minimum Gasteiger partial charge on any atom is -0.395 e. The van der Waals surface area contributed by atoms with Crippen LogP contribution >= 0.6 is 0 Å². The van der Waals surface area contributed by atoms with Gasteiger partial charge in [-0.15, -0.1) is 0 Å². The summed E-state index contributed by atoms with van der Waals surface area (Å²) in [4.78, 5) is 23.4. The number of aliphatic hydroxyl groups is 1. The van der Waals surface area contributed by atoms with Gasteiger partial charge in [0.2, 0.25) is 0 Å². The van der Waals surface area contributed by atoms with E-state index in [1.165, 1.54) is 12.8 Å². The Balaban J connectivity index is 1.95. The lowest BCUT2D eigenvalue weighted by Crippen LogP contribution is -2.22. The van der Waals surface area contributed by atoms with Gasteiger partial charge in [-0.1, -0.05) is 12.8 Å². The third kappa shape index (κ3) is 2.46. The fourth-order valence-corrected chi connectivity index (χ4v) is 2.79. The molecule has 3 N–H and O–H groups in total. The SMILES string of the molecule is O=c1[nH]c(CNCCO)nc2c1ncn2C1CCCC1. The highest BCUT2D eigenvalue weighted by Gasteiger charge is 2.20. The van der Waals surface area contributed by atoms with Gasteiger partial charge in [-0.3, -0.25) is 4.79 Å². The number of nitrogens with one attached hydrogen (secondary N) is 2. The predicted octanol–water partition coefficient (Wildman–Crippen LogP) is 0.317. The average molecular weight is 277 g/mol. The van der Waals surface area contributed by atoms with Crippen molar-refractivity contribution in [1.82, 2.24) is 24.8 Å². The number of H-pyrrole nitrogens is 1. The molecule has 0 spiro atoms. The summed E-state index contributed by atoms with van der Waals surface area (Å²) < 4.78 is 2.03. The molecule has 7 heteroatoms. The van der Waals surface area contributed by atoms with Crippen LogP contribution in [0.2, 0.25) is 0 Å². The summed E-state index contributed by atoms with van der Waals surface area (Å²) in [5.74, 6) is 0.579. The van der Waals surface area contributed by atoms with Crippen LogP contribution in [0.3, 0.4) is 0 Å². The van der Waals surface area contributed by atoms with Crippen molar-refractivity contribution in [2.24, 2.45) is 0 Å². The quantitative estimate of drug-likeness (QED) is 0.684. The first-order valence-electron chi connectivity index (χ1n) is 7.07. The number of rotatable bonds is 5. The largest absolute Gasteiger partial charge is 0.395 e. The molecule has 1 aliphatic carbocycles. The van der Waals surface area contributed by atoms with E-state index in [0.717, 1.165) is 12.8 Å². The van der Waals surface area contributed by atoms with Crippen molar-refractivity contribution in [2.45, 2.75) is 38.3 Å². The first-order valence-corrected chi connectivity index (χ1v) is 7.07. The van der Waals surface area contributed by atoms with Gasteiger partial charge >= 0.3 is 0 Å². The molecular weight excluding hydrogens is 258 g/mol. The summed E-state index contributed by atoms with van der Waals surface area (Å²) in [6.45, 7) is 0.970. The fraction of sp³-hybridized carbons (Fsp3) is 0.615. The number of aromatic amines is 1. The van der Waals surface area contributed by atoms with Crippen LogP contribution in [0, 0.1) is 0 Å². The Kier molecular flexibility index (Phi) is 3.79. The molecule has 0 saturated heterocycles. The summed E-state index contributed by atoms with van der Waals surface area (Å²) in [6.07, 6.45) is 6.42. The molecule has 0 aromatic carbocycles. The Bertz CT molecular complexity index is 642. The number of aliphatic hydroxyl groups excluding tert-OH is 1. The number of hydrogen-bond donors (Lipinski definition) is 3. The fourth-order valence-electron chi connectivity index (χ4n) is 2.79. The maximum Gasteiger partial charge on any atom is 0.279 e. The zero-order valence-electron chi connectivity index (χ0n) is 11.3. The summed E-state index contributed by atoms with van der Waals surface area (Å²) in [6, 6.07) is 0.410. The highest BCUT2D eigenvalue weighted by Crippen LogP contribution is 2.30. The number of aromatic nitrogens is 4. The van der Waals surface area contributed by atoms with Crippen LogP contribution in [0.25, 0.3) is 11.2 Å². The molecule has 1 saturated carbocycles. The Morgan fingerprint density at radius 2 is 2.25 bits per heavy atom. The molecule has 20 heavy (non-hydrogen) atoms. The van der Waals surface area contributed by atoms with Crippen LogP contribution in [0.4, 0.5) is 0 Å². The van der Waals surface area contributed by atoms with E-state index < -0.39 is 0 Å². The van der Waals surface area contributed by atoms with Gasteiger partial charge in [0, 0.05) is 12.6 Å². The van der Waals surface area contributed by atoms with Gasteiger partial charge in [-0.2, -0.15) is 0 Å². The molecule has 3 rings (SSSR count). The van der Waals surface area contributed by atoms with E-state index in [2.05, 4.69) is 20.3 Å². The topological polar surface area (TPSA) is 95.8 Å². The van der Waals surface area contributed by atoms with Gasteiger partial charge in [0.15, 0.2) is 11.2 Å². The standard InChI is InChI=1S/C13H19N5O2/c19-6-5-14-7-10-16-12-11(13(20)17-10)15-8-18(12)9-3-1-2-4-9/h8-9,14,19H,1-7H2,(H,16,17,20). The molecule has 2 aromatic rings. The number of fused-ring (bicyclic) bond motifs is 1. The molecule has 0 radical (unpaired) electrons. The second kappa shape index (κ2) is 5.72. The second-order valence-electron chi connectivity index (χ2n) is 5.18. The number of imidazole rings is 1. The smallest absolute Gasteiger partial charge is 0.279 e. The van der Waals surface area contributed by atoms with E-state index in [4.69, 9.17) is 5.11 Å². The van der Waals surface area contributed by atoms with Crippen molar-refractivity contribution in [2.75, 3.05) is 13.2 Å². The minimum absolute atomic E-state index is 0.0620. The van der Waals surface area contributed by atoms with Gasteiger partial charge in [0.1, 0.15) is 5.82 Å². The highest BCUT2D eigenvalue weighted by atomic mass is 16.3. The third-order valence-corrected chi connectivity index (χ3v) is 3.78. The van der Waals surface area contributed by atoms with Crippen molar-refractivity contribution < 1.29 is 5.11 Å². The molecule has 108 valence electrons. The van der Waals surface area contributed by atoms with E-state index in [1.54, 1.807) is 6.33 Å². The van der Waals surface area contributed by atoms with Crippen LogP contribution in [-0.2, 0) is 6.54 Å². The molecule has 2 heterocycles. The molecule has 0 bridgehead atoms. The van der Waals surface area contributed by atoms with E-state index in [0.29, 0.717) is 36.1 Å². The van der Waals surface area contributed by atoms with Gasteiger partial charge in [-0.25, -0.2) is 9.97 Å². The van der Waals surface area contributed by atoms with E-state index in [9.17, 15) is 4.79 Å². The molecule has 0 amide bonds. The van der Waals surface area contributed by atoms with Crippen LogP contribution < -0.4 is 10.9 Å². The summed E-state index contributed by atoms with van der Waals surface area (Å²) in [5, 5.41) is 11.8. The average Bonchev–Trinajstić information content (AvgIpc) is 3.06. The predicted molar refractivity (Wildman–Crippen MR) is 74.4 cm³/mol. The highest BCUT2D eigenvalue weighted by molar-refractivity contribution is 5.69. The van der Waals surface area contributed by atoms with Crippen molar-refractivity contribution in [3.8, 4) is 0 Å². The van der Waals surface area contributed by atoms with Gasteiger partial charge in [0.05, 0.1) is 19.5 Å². The third-order valence-electron chi connectivity index (χ3n) is 3.78. The van der Waals surface area contributed by atoms with E-state index in [1.807, 2.05) is 4.57 Å². The first kappa shape index (κ1) is 13.3. The molecule has 7 nitrogen and oxygen atoms in total. The van der Waals surface area contributed by atoms with Crippen molar-refractivity contribution in [3.63, 3.8) is 0 Å². The van der Waals surface area contributed by atoms with Crippen molar-refractivity contribution in [1.29, 1.82) is 0 Å². The second-order valence-corrected chi connectivity index (χ2v) is 5.18. The van der Waals surface area contributed by atoms with Gasteiger partial charge < -0.3 is 20.0 Å². The summed E-state index contributed by atoms with van der Waals surface area (Å²) >= 11 is 0. The molecule has 0 aliphatic heterocycles. The van der Waals surface area contributed by atoms with Crippen LogP contribution in [-0.4, -0.2) is 37.8 Å². The summed E-state index contributed by atoms with van der Waals surface area (Å²) in [5.41, 5.74) is 0.872. The van der Waals surface area contributed by atoms with Gasteiger partial charge in [0.25, 0.3) is 5.56 Å². The molecule has 0 unspecified atom stereocenters. The Morgan fingerprint density at radius 1 is 1.45 bits per heavy atom.